The highest BCUT2D eigenvalue weighted by molar-refractivity contribution is 7.99. The second kappa shape index (κ2) is 4.05. The number of benzene rings is 1. The molecule has 1 N–H and O–H groups in total. The molecule has 1 aromatic rings. The zero-order valence-corrected chi connectivity index (χ0v) is 8.59. The van der Waals surface area contributed by atoms with E-state index in [1.165, 1.54) is 17.7 Å². The summed E-state index contributed by atoms with van der Waals surface area (Å²) in [4.78, 5) is 10.8. The first-order valence-corrected chi connectivity index (χ1v) is 5.84. The van der Waals surface area contributed by atoms with E-state index >= 15 is 0 Å². The van der Waals surface area contributed by atoms with Crippen molar-refractivity contribution in [2.24, 2.45) is 0 Å². The Kier molecular flexibility index (Phi) is 2.77. The summed E-state index contributed by atoms with van der Waals surface area (Å²) in [6.07, 6.45) is 1.17. The molecule has 0 radical (unpaired) electrons. The van der Waals surface area contributed by atoms with Crippen molar-refractivity contribution in [3.8, 4) is 0 Å². The van der Waals surface area contributed by atoms with Crippen LogP contribution in [-0.4, -0.2) is 22.6 Å². The minimum absolute atomic E-state index is 0.402. The molecule has 1 saturated heterocycles. The molecule has 3 heteroatoms. The van der Waals surface area contributed by atoms with Crippen LogP contribution in [0.2, 0.25) is 0 Å². The molecule has 0 amide bonds. The molecule has 0 spiro atoms. The van der Waals surface area contributed by atoms with Crippen molar-refractivity contribution in [1.29, 1.82) is 0 Å². The van der Waals surface area contributed by atoms with Crippen molar-refractivity contribution in [2.75, 3.05) is 11.5 Å². The molecule has 0 bridgehead atoms. The molecular formula is C11H12O2S. The Morgan fingerprint density at radius 1 is 1.50 bits per heavy atom. The number of aromatic carboxylic acids is 1. The van der Waals surface area contributed by atoms with E-state index < -0.39 is 5.97 Å². The molecule has 1 heterocycles. The average Bonchev–Trinajstić information content (AvgIpc) is 2.71. The average molecular weight is 208 g/mol. The Morgan fingerprint density at radius 2 is 2.36 bits per heavy atom. The van der Waals surface area contributed by atoms with E-state index in [9.17, 15) is 4.79 Å². The summed E-state index contributed by atoms with van der Waals surface area (Å²) in [6.45, 7) is 0. The summed E-state index contributed by atoms with van der Waals surface area (Å²) in [5.74, 6) is 2.04. The van der Waals surface area contributed by atoms with Crippen LogP contribution in [0.3, 0.4) is 0 Å². The molecule has 14 heavy (non-hydrogen) atoms. The lowest BCUT2D eigenvalue weighted by Gasteiger charge is -2.08. The van der Waals surface area contributed by atoms with E-state index in [2.05, 4.69) is 0 Å². The maximum Gasteiger partial charge on any atom is 0.335 e. The lowest BCUT2D eigenvalue weighted by atomic mass is 9.97. The van der Waals surface area contributed by atoms with Gasteiger partial charge < -0.3 is 5.11 Å². The van der Waals surface area contributed by atoms with Gasteiger partial charge in [0.15, 0.2) is 0 Å². The molecule has 74 valence electrons. The van der Waals surface area contributed by atoms with Crippen LogP contribution in [0.15, 0.2) is 24.3 Å². The van der Waals surface area contributed by atoms with Gasteiger partial charge in [0.05, 0.1) is 5.56 Å². The molecule has 1 aliphatic heterocycles. The first-order chi connectivity index (χ1) is 6.77. The van der Waals surface area contributed by atoms with Gasteiger partial charge in [-0.3, -0.25) is 0 Å². The Bertz CT molecular complexity index is 343. The number of carbonyl (C=O) groups is 1. The van der Waals surface area contributed by atoms with Gasteiger partial charge >= 0.3 is 5.97 Å². The maximum atomic E-state index is 10.8. The van der Waals surface area contributed by atoms with Crippen molar-refractivity contribution in [3.05, 3.63) is 35.4 Å². The Balaban J connectivity index is 2.25. The molecule has 0 saturated carbocycles. The third-order valence-corrected chi connectivity index (χ3v) is 3.70. The molecule has 1 unspecified atom stereocenters. The van der Waals surface area contributed by atoms with Crippen LogP contribution in [-0.2, 0) is 0 Å². The van der Waals surface area contributed by atoms with Crippen LogP contribution in [0.1, 0.15) is 28.3 Å². The lowest BCUT2D eigenvalue weighted by Crippen LogP contribution is -2.01. The highest BCUT2D eigenvalue weighted by atomic mass is 32.2. The number of carboxylic acids is 1. The molecule has 0 aromatic heterocycles. The number of hydrogen-bond acceptors (Lipinski definition) is 2. The van der Waals surface area contributed by atoms with Gasteiger partial charge in [0.2, 0.25) is 0 Å². The Morgan fingerprint density at radius 3 is 3.00 bits per heavy atom. The third-order valence-electron chi connectivity index (χ3n) is 2.53. The van der Waals surface area contributed by atoms with Crippen LogP contribution in [0.25, 0.3) is 0 Å². The van der Waals surface area contributed by atoms with E-state index in [4.69, 9.17) is 5.11 Å². The SMILES string of the molecule is O=C(O)c1cccc(C2CCSC2)c1. The minimum Gasteiger partial charge on any atom is -0.478 e. The minimum atomic E-state index is -0.836. The number of thioether (sulfide) groups is 1. The van der Waals surface area contributed by atoms with Crippen molar-refractivity contribution >= 4 is 17.7 Å². The van der Waals surface area contributed by atoms with E-state index in [0.29, 0.717) is 11.5 Å². The normalized spacial score (nSPS) is 21.0. The van der Waals surface area contributed by atoms with Crippen LogP contribution in [0, 0.1) is 0 Å². The van der Waals surface area contributed by atoms with E-state index in [0.717, 1.165) is 5.75 Å². The predicted octanol–water partition coefficient (Wildman–Crippen LogP) is 2.61. The molecule has 1 fully saturated rings. The molecule has 1 aliphatic rings. The quantitative estimate of drug-likeness (QED) is 0.811. The standard InChI is InChI=1S/C11H12O2S/c12-11(13)9-3-1-2-8(6-9)10-4-5-14-7-10/h1-3,6,10H,4-5,7H2,(H,12,13). The van der Waals surface area contributed by atoms with E-state index in [1.807, 2.05) is 23.9 Å². The largest absolute Gasteiger partial charge is 0.478 e. The van der Waals surface area contributed by atoms with Gasteiger partial charge in [-0.25, -0.2) is 4.79 Å². The second-order valence-corrected chi connectivity index (χ2v) is 4.64. The first kappa shape index (κ1) is 9.59. The summed E-state index contributed by atoms with van der Waals surface area (Å²) in [5, 5.41) is 8.85. The topological polar surface area (TPSA) is 37.3 Å². The van der Waals surface area contributed by atoms with Crippen LogP contribution >= 0.6 is 11.8 Å². The fourth-order valence-corrected chi connectivity index (χ4v) is 2.98. The molecule has 2 rings (SSSR count). The molecule has 2 nitrogen and oxygen atoms in total. The third kappa shape index (κ3) is 1.93. The summed E-state index contributed by atoms with van der Waals surface area (Å²) in [6, 6.07) is 7.32. The highest BCUT2D eigenvalue weighted by Gasteiger charge is 2.18. The second-order valence-electron chi connectivity index (χ2n) is 3.49. The summed E-state index contributed by atoms with van der Waals surface area (Å²) in [5.41, 5.74) is 1.58. The van der Waals surface area contributed by atoms with Crippen molar-refractivity contribution in [1.82, 2.24) is 0 Å². The monoisotopic (exact) mass is 208 g/mol. The summed E-state index contributed by atoms with van der Waals surface area (Å²) in [7, 11) is 0. The fourth-order valence-electron chi connectivity index (χ4n) is 1.72. The van der Waals surface area contributed by atoms with Crippen LogP contribution < -0.4 is 0 Å². The first-order valence-electron chi connectivity index (χ1n) is 4.68. The van der Waals surface area contributed by atoms with Crippen molar-refractivity contribution < 1.29 is 9.90 Å². The predicted molar refractivity (Wildman–Crippen MR) is 58.1 cm³/mol. The van der Waals surface area contributed by atoms with E-state index in [1.54, 1.807) is 12.1 Å². The number of carboxylic acid groups (broad SMARTS) is 1. The zero-order chi connectivity index (χ0) is 9.97. The van der Waals surface area contributed by atoms with Crippen molar-refractivity contribution in [3.63, 3.8) is 0 Å². The van der Waals surface area contributed by atoms with Gasteiger partial charge in [-0.15, -0.1) is 0 Å². The summed E-state index contributed by atoms with van der Waals surface area (Å²) >= 11 is 1.94. The van der Waals surface area contributed by atoms with Gasteiger partial charge in [-0.1, -0.05) is 12.1 Å². The van der Waals surface area contributed by atoms with Gasteiger partial charge in [0.25, 0.3) is 0 Å². The van der Waals surface area contributed by atoms with Crippen molar-refractivity contribution in [2.45, 2.75) is 12.3 Å². The van der Waals surface area contributed by atoms with Gasteiger partial charge in [0, 0.05) is 5.75 Å². The number of hydrogen-bond donors (Lipinski definition) is 1. The van der Waals surface area contributed by atoms with Crippen LogP contribution in [0.5, 0.6) is 0 Å². The maximum absolute atomic E-state index is 10.8. The van der Waals surface area contributed by atoms with Gasteiger partial charge in [-0.05, 0) is 35.8 Å². The molecule has 1 atom stereocenters. The Hall–Kier alpha value is -0.960. The molecule has 1 aromatic carbocycles. The molecular weight excluding hydrogens is 196 g/mol. The van der Waals surface area contributed by atoms with Crippen LogP contribution in [0.4, 0.5) is 0 Å². The summed E-state index contributed by atoms with van der Waals surface area (Å²) < 4.78 is 0. The Labute approximate surface area is 87.3 Å². The van der Waals surface area contributed by atoms with Gasteiger partial charge in [-0.2, -0.15) is 11.8 Å². The highest BCUT2D eigenvalue weighted by Crippen LogP contribution is 2.32. The lowest BCUT2D eigenvalue weighted by molar-refractivity contribution is 0.0697. The zero-order valence-electron chi connectivity index (χ0n) is 7.77. The number of rotatable bonds is 2. The fraction of sp³-hybridized carbons (Fsp3) is 0.364. The van der Waals surface area contributed by atoms with E-state index in [-0.39, 0.29) is 0 Å². The smallest absolute Gasteiger partial charge is 0.335 e. The molecule has 0 aliphatic carbocycles. The van der Waals surface area contributed by atoms with Gasteiger partial charge in [0.1, 0.15) is 0 Å².